The van der Waals surface area contributed by atoms with Crippen LogP contribution in [0.1, 0.15) is 72.4 Å². The van der Waals surface area contributed by atoms with Crippen molar-refractivity contribution in [2.24, 2.45) is 0 Å². The van der Waals surface area contributed by atoms with Crippen LogP contribution in [-0.4, -0.2) is 21.2 Å². The normalized spacial score (nSPS) is 12.6. The number of aryl methyl sites for hydroxylation is 4. The first-order valence-electron chi connectivity index (χ1n) is 9.96. The molecule has 0 amide bonds. The van der Waals surface area contributed by atoms with E-state index < -0.39 is 0 Å². The highest BCUT2D eigenvalue weighted by atomic mass is 32.2. The number of phenols is 2. The molecule has 0 saturated carbocycles. The van der Waals surface area contributed by atoms with E-state index in [1.165, 1.54) is 12.8 Å². The van der Waals surface area contributed by atoms with Gasteiger partial charge in [0.25, 0.3) is 0 Å². The van der Waals surface area contributed by atoms with Crippen molar-refractivity contribution in [3.63, 3.8) is 0 Å². The van der Waals surface area contributed by atoms with E-state index in [1.54, 1.807) is 0 Å². The fourth-order valence-electron chi connectivity index (χ4n) is 3.77. The van der Waals surface area contributed by atoms with Gasteiger partial charge in [-0.15, -0.1) is 0 Å². The lowest BCUT2D eigenvalue weighted by Crippen LogP contribution is -2.11. The molecule has 0 aromatic heterocycles. The molecule has 2 aromatic rings. The molecule has 0 fully saturated rings. The lowest BCUT2D eigenvalue weighted by Gasteiger charge is -2.25. The van der Waals surface area contributed by atoms with Crippen molar-refractivity contribution >= 4 is 11.8 Å². The molecule has 2 N–H and O–H groups in total. The molecular weight excluding hydrogens is 352 g/mol. The Hall–Kier alpha value is -1.61. The molecule has 2 aromatic carbocycles. The van der Waals surface area contributed by atoms with Crippen molar-refractivity contribution in [3.8, 4) is 11.5 Å². The van der Waals surface area contributed by atoms with Gasteiger partial charge in [-0.2, -0.15) is 11.8 Å². The maximum atomic E-state index is 10.8. The van der Waals surface area contributed by atoms with Crippen molar-refractivity contribution in [1.29, 1.82) is 0 Å². The summed E-state index contributed by atoms with van der Waals surface area (Å²) in [5.74, 6) is 1.85. The van der Waals surface area contributed by atoms with Crippen LogP contribution in [-0.2, 0) is 0 Å². The molecule has 0 saturated heterocycles. The molecule has 2 nitrogen and oxygen atoms in total. The summed E-state index contributed by atoms with van der Waals surface area (Å²) in [6, 6.07) is 8.18. The zero-order chi connectivity index (χ0) is 20.1. The monoisotopic (exact) mass is 386 g/mol. The van der Waals surface area contributed by atoms with E-state index in [4.69, 9.17) is 0 Å². The van der Waals surface area contributed by atoms with Crippen LogP contribution >= 0.6 is 11.8 Å². The lowest BCUT2D eigenvalue weighted by molar-refractivity contribution is 0.446. The van der Waals surface area contributed by atoms with Gasteiger partial charge in [-0.05, 0) is 57.4 Å². The number of unbranched alkanes of at least 4 members (excludes halogenated alkanes) is 1. The number of benzene rings is 2. The molecule has 148 valence electrons. The molecular formula is C24H34O2S. The smallest absolute Gasteiger partial charge is 0.122 e. The van der Waals surface area contributed by atoms with Crippen LogP contribution in [0.2, 0.25) is 0 Å². The molecule has 0 bridgehead atoms. The number of rotatable bonds is 8. The standard InChI is InChI=1S/C24H34O2S/c1-7-8-9-27-19(6)14-20(21-12-15(2)10-17(4)23(21)25)22-13-16(3)11-18(5)24(22)26/h10-13,19-20,25-26H,7-9,14H2,1-6H3. The fourth-order valence-corrected chi connectivity index (χ4v) is 4.95. The predicted octanol–water partition coefficient (Wildman–Crippen LogP) is 6.78. The van der Waals surface area contributed by atoms with E-state index in [9.17, 15) is 10.2 Å². The van der Waals surface area contributed by atoms with E-state index in [2.05, 4.69) is 39.8 Å². The van der Waals surface area contributed by atoms with Gasteiger partial charge in [0, 0.05) is 22.3 Å². The van der Waals surface area contributed by atoms with Gasteiger partial charge >= 0.3 is 0 Å². The van der Waals surface area contributed by atoms with Gasteiger partial charge in [0.05, 0.1) is 0 Å². The largest absolute Gasteiger partial charge is 0.507 e. The Labute approximate surface area is 169 Å². The summed E-state index contributed by atoms with van der Waals surface area (Å²) in [7, 11) is 0. The van der Waals surface area contributed by atoms with Gasteiger partial charge in [0.1, 0.15) is 11.5 Å². The molecule has 0 aliphatic heterocycles. The zero-order valence-corrected chi connectivity index (χ0v) is 18.4. The maximum Gasteiger partial charge on any atom is 0.122 e. The van der Waals surface area contributed by atoms with Gasteiger partial charge in [-0.3, -0.25) is 0 Å². The number of phenolic OH excluding ortho intramolecular Hbond substituents is 2. The molecule has 1 unspecified atom stereocenters. The van der Waals surface area contributed by atoms with Crippen molar-refractivity contribution in [1.82, 2.24) is 0 Å². The van der Waals surface area contributed by atoms with E-state index in [0.717, 1.165) is 45.6 Å². The summed E-state index contributed by atoms with van der Waals surface area (Å²) < 4.78 is 0. The molecule has 0 aliphatic carbocycles. The van der Waals surface area contributed by atoms with Gasteiger partial charge in [0.2, 0.25) is 0 Å². The summed E-state index contributed by atoms with van der Waals surface area (Å²) >= 11 is 1.98. The van der Waals surface area contributed by atoms with Crippen LogP contribution in [0, 0.1) is 27.7 Å². The van der Waals surface area contributed by atoms with Crippen LogP contribution in [0.4, 0.5) is 0 Å². The van der Waals surface area contributed by atoms with Gasteiger partial charge in [0.15, 0.2) is 0 Å². The van der Waals surface area contributed by atoms with E-state index in [0.29, 0.717) is 16.7 Å². The Morgan fingerprint density at radius 2 is 1.33 bits per heavy atom. The Kier molecular flexibility index (Phi) is 7.67. The molecule has 2 rings (SSSR count). The highest BCUT2D eigenvalue weighted by Gasteiger charge is 2.25. The minimum atomic E-state index is -0.0219. The third-order valence-corrected chi connectivity index (χ3v) is 6.45. The molecule has 1 atom stereocenters. The summed E-state index contributed by atoms with van der Waals surface area (Å²) in [6.07, 6.45) is 3.32. The topological polar surface area (TPSA) is 40.5 Å². The fraction of sp³-hybridized carbons (Fsp3) is 0.500. The summed E-state index contributed by atoms with van der Waals surface area (Å²) in [5, 5.41) is 22.1. The zero-order valence-electron chi connectivity index (χ0n) is 17.6. The Morgan fingerprint density at radius 3 is 1.78 bits per heavy atom. The third-order valence-electron chi connectivity index (χ3n) is 5.17. The first kappa shape index (κ1) is 21.7. The molecule has 0 radical (unpaired) electrons. The quantitative estimate of drug-likeness (QED) is 0.491. The van der Waals surface area contributed by atoms with E-state index in [-0.39, 0.29) is 5.92 Å². The average molecular weight is 387 g/mol. The van der Waals surface area contributed by atoms with Crippen molar-refractivity contribution in [2.45, 2.75) is 72.0 Å². The average Bonchev–Trinajstić information content (AvgIpc) is 2.59. The first-order valence-corrected chi connectivity index (χ1v) is 11.0. The van der Waals surface area contributed by atoms with Gasteiger partial charge in [-0.25, -0.2) is 0 Å². The first-order chi connectivity index (χ1) is 12.7. The highest BCUT2D eigenvalue weighted by Crippen LogP contribution is 2.43. The minimum Gasteiger partial charge on any atom is -0.507 e. The minimum absolute atomic E-state index is 0.0219. The third kappa shape index (κ3) is 5.44. The van der Waals surface area contributed by atoms with Gasteiger partial charge < -0.3 is 10.2 Å². The van der Waals surface area contributed by atoms with Crippen LogP contribution in [0.5, 0.6) is 11.5 Å². The molecule has 0 spiro atoms. The molecule has 3 heteroatoms. The highest BCUT2D eigenvalue weighted by molar-refractivity contribution is 7.99. The van der Waals surface area contributed by atoms with Crippen LogP contribution in [0.15, 0.2) is 24.3 Å². The second-order valence-electron chi connectivity index (χ2n) is 7.86. The van der Waals surface area contributed by atoms with E-state index in [1.807, 2.05) is 37.7 Å². The summed E-state index contributed by atoms with van der Waals surface area (Å²) in [4.78, 5) is 0. The number of hydrogen-bond donors (Lipinski definition) is 2. The second kappa shape index (κ2) is 9.54. The molecule has 0 heterocycles. The number of hydrogen-bond acceptors (Lipinski definition) is 3. The van der Waals surface area contributed by atoms with Gasteiger partial charge in [-0.1, -0.05) is 55.7 Å². The number of aromatic hydroxyl groups is 2. The SMILES string of the molecule is CCCCSC(C)CC(c1cc(C)cc(C)c1O)c1cc(C)cc(C)c1O. The van der Waals surface area contributed by atoms with E-state index >= 15 is 0 Å². The maximum absolute atomic E-state index is 10.8. The van der Waals surface area contributed by atoms with Crippen LogP contribution in [0.3, 0.4) is 0 Å². The Bertz CT molecular complexity index is 725. The number of thioether (sulfide) groups is 1. The second-order valence-corrected chi connectivity index (χ2v) is 9.41. The predicted molar refractivity (Wildman–Crippen MR) is 118 cm³/mol. The van der Waals surface area contributed by atoms with Crippen molar-refractivity contribution in [2.75, 3.05) is 5.75 Å². The van der Waals surface area contributed by atoms with Crippen molar-refractivity contribution < 1.29 is 10.2 Å². The Morgan fingerprint density at radius 1 is 0.852 bits per heavy atom. The summed E-state index contributed by atoms with van der Waals surface area (Å²) in [6.45, 7) is 12.5. The lowest BCUT2D eigenvalue weighted by atomic mass is 9.83. The molecule has 0 aliphatic rings. The summed E-state index contributed by atoms with van der Waals surface area (Å²) in [5.41, 5.74) is 5.92. The molecule has 27 heavy (non-hydrogen) atoms. The van der Waals surface area contributed by atoms with Crippen molar-refractivity contribution in [3.05, 3.63) is 57.6 Å². The Balaban J connectivity index is 2.50. The van der Waals surface area contributed by atoms with Crippen LogP contribution in [0.25, 0.3) is 0 Å². The van der Waals surface area contributed by atoms with Crippen LogP contribution < -0.4 is 0 Å².